The predicted molar refractivity (Wildman–Crippen MR) is 234 cm³/mol. The van der Waals surface area contributed by atoms with E-state index >= 15 is 0 Å². The molecule has 5 heterocycles. The van der Waals surface area contributed by atoms with Crippen molar-refractivity contribution in [2.75, 3.05) is 10.6 Å². The Kier molecular flexibility index (Phi) is 9.05. The van der Waals surface area contributed by atoms with Crippen molar-refractivity contribution >= 4 is 69.1 Å². The van der Waals surface area contributed by atoms with Gasteiger partial charge in [-0.2, -0.15) is 0 Å². The summed E-state index contributed by atoms with van der Waals surface area (Å²) in [7, 11) is 0. The van der Waals surface area contributed by atoms with Gasteiger partial charge in [0.2, 0.25) is 0 Å². The van der Waals surface area contributed by atoms with Crippen LogP contribution >= 0.6 is 0 Å². The van der Waals surface area contributed by atoms with E-state index in [1.165, 1.54) is 0 Å². The Morgan fingerprint density at radius 1 is 0.411 bits per heavy atom. The monoisotopic (exact) mass is 720 g/mol. The van der Waals surface area contributed by atoms with E-state index in [-0.39, 0.29) is 0 Å². The number of H-pyrrole nitrogens is 2. The zero-order chi connectivity index (χ0) is 37.8. The van der Waals surface area contributed by atoms with Crippen LogP contribution in [0.2, 0.25) is 0 Å². The van der Waals surface area contributed by atoms with Crippen LogP contribution in [-0.4, -0.2) is 19.9 Å². The van der Waals surface area contributed by atoms with E-state index in [2.05, 4.69) is 141 Å². The predicted octanol–water partition coefficient (Wildman–Crippen LogP) is 12.2. The number of anilines is 4. The molecule has 4 aromatic carbocycles. The standard InChI is InChI=1S/C50H36N6/c1-3-11-33-17-21-37(22-18-33)51-49-43-29-25-39(53-43)47(35-13-7-5-8-14-35)41-27-31-45(55-41)50(52-38-23-19-34(12-4-2)20-24-38)46-32-28-42(56-46)48(36-15-9-6-10-16-36)40-26-30-44(49)54-40/h5-10,13-32,51-53,56H,1-2H3. The average molecular weight is 721 g/mol. The number of benzene rings is 4. The Hall–Kier alpha value is -7.80. The molecular weight excluding hydrogens is 685 g/mol. The minimum Gasteiger partial charge on any atom is -0.353 e. The van der Waals surface area contributed by atoms with E-state index in [0.29, 0.717) is 0 Å². The lowest BCUT2D eigenvalue weighted by Gasteiger charge is -2.09. The molecule has 266 valence electrons. The molecule has 0 unspecified atom stereocenters. The Labute approximate surface area is 325 Å². The number of rotatable bonds is 6. The highest BCUT2D eigenvalue weighted by atomic mass is 14.9. The maximum atomic E-state index is 5.34. The first kappa shape index (κ1) is 34.0. The fraction of sp³-hybridized carbons (Fsp3) is 0.0400. The fourth-order valence-electron chi connectivity index (χ4n) is 7.14. The molecule has 7 aromatic rings. The number of nitrogens with one attached hydrogen (secondary N) is 4. The van der Waals surface area contributed by atoms with Gasteiger partial charge in [-0.05, 0) is 122 Å². The molecule has 0 spiro atoms. The van der Waals surface area contributed by atoms with Crippen molar-refractivity contribution in [3.05, 3.63) is 167 Å². The number of aromatic amines is 2. The van der Waals surface area contributed by atoms with E-state index in [1.54, 1.807) is 0 Å². The molecule has 0 amide bonds. The van der Waals surface area contributed by atoms with Gasteiger partial charge < -0.3 is 20.6 Å². The minimum absolute atomic E-state index is 0.804. The third-order valence-corrected chi connectivity index (χ3v) is 9.73. The zero-order valence-corrected chi connectivity index (χ0v) is 30.9. The summed E-state index contributed by atoms with van der Waals surface area (Å²) < 4.78 is 0. The molecule has 0 saturated heterocycles. The highest BCUT2D eigenvalue weighted by molar-refractivity contribution is 5.99. The lowest BCUT2D eigenvalue weighted by Crippen LogP contribution is -1.95. The molecule has 56 heavy (non-hydrogen) atoms. The summed E-state index contributed by atoms with van der Waals surface area (Å²) in [5.41, 5.74) is 16.5. The lowest BCUT2D eigenvalue weighted by atomic mass is 10.0. The molecule has 9 rings (SSSR count). The SMILES string of the molecule is CC#Cc1ccc(Nc2c3nc(c(-c4ccccc4)c4ccc([nH]4)c(Nc4ccc(C#CC)cc4)c4nc(c(-c5ccccc5)c5ccc2[nH]5)C=C4)C=C3)cc1. The summed E-state index contributed by atoms with van der Waals surface area (Å²) in [4.78, 5) is 18.2. The van der Waals surface area contributed by atoms with Crippen LogP contribution in [0, 0.1) is 23.7 Å². The van der Waals surface area contributed by atoms with Gasteiger partial charge in [0.15, 0.2) is 0 Å². The van der Waals surface area contributed by atoms with Crippen molar-refractivity contribution in [2.24, 2.45) is 0 Å². The molecule has 0 fully saturated rings. The molecule has 0 atom stereocenters. The van der Waals surface area contributed by atoms with Gasteiger partial charge in [-0.25, -0.2) is 9.97 Å². The summed E-state index contributed by atoms with van der Waals surface area (Å²) in [6.45, 7) is 3.70. The van der Waals surface area contributed by atoms with Gasteiger partial charge in [0.05, 0.1) is 45.2 Å². The van der Waals surface area contributed by atoms with Gasteiger partial charge in [0, 0.05) is 44.7 Å². The topological polar surface area (TPSA) is 81.4 Å². The molecule has 2 aliphatic rings. The first-order chi connectivity index (χ1) is 27.6. The summed E-state index contributed by atoms with van der Waals surface area (Å²) >= 11 is 0. The number of fused-ring (bicyclic) bond motifs is 8. The van der Waals surface area contributed by atoms with E-state index in [9.17, 15) is 0 Å². The fourth-order valence-corrected chi connectivity index (χ4v) is 7.14. The summed E-state index contributed by atoms with van der Waals surface area (Å²) in [6.07, 6.45) is 8.35. The molecule has 3 aromatic heterocycles. The molecular formula is C50H36N6. The number of hydrogen-bond acceptors (Lipinski definition) is 4. The number of aromatic nitrogens is 4. The van der Waals surface area contributed by atoms with Crippen molar-refractivity contribution in [1.29, 1.82) is 0 Å². The molecule has 0 saturated carbocycles. The number of nitrogens with zero attached hydrogens (tertiary/aromatic N) is 2. The maximum Gasteiger partial charge on any atom is 0.0894 e. The van der Waals surface area contributed by atoms with Crippen molar-refractivity contribution in [3.8, 4) is 45.9 Å². The molecule has 6 nitrogen and oxygen atoms in total. The molecule has 6 heteroatoms. The molecule has 0 aliphatic carbocycles. The van der Waals surface area contributed by atoms with Crippen LogP contribution in [0.1, 0.15) is 47.8 Å². The second-order valence-electron chi connectivity index (χ2n) is 13.4. The average Bonchev–Trinajstić information content (AvgIpc) is 4.08. The van der Waals surface area contributed by atoms with Crippen molar-refractivity contribution < 1.29 is 0 Å². The highest BCUT2D eigenvalue weighted by Gasteiger charge is 2.18. The van der Waals surface area contributed by atoms with Crippen LogP contribution < -0.4 is 10.6 Å². The summed E-state index contributed by atoms with van der Waals surface area (Å²) in [5, 5.41) is 7.41. The second-order valence-corrected chi connectivity index (χ2v) is 13.4. The van der Waals surface area contributed by atoms with Crippen molar-refractivity contribution in [3.63, 3.8) is 0 Å². The van der Waals surface area contributed by atoms with Crippen LogP contribution in [0.3, 0.4) is 0 Å². The third kappa shape index (κ3) is 6.76. The van der Waals surface area contributed by atoms with E-state index in [0.717, 1.165) is 101 Å². The lowest BCUT2D eigenvalue weighted by molar-refractivity contribution is 1.30. The van der Waals surface area contributed by atoms with Gasteiger partial charge in [0.1, 0.15) is 0 Å². The van der Waals surface area contributed by atoms with Crippen LogP contribution in [0.25, 0.3) is 68.6 Å². The first-order valence-corrected chi connectivity index (χ1v) is 18.5. The smallest absolute Gasteiger partial charge is 0.0894 e. The Balaban J connectivity index is 1.36. The van der Waals surface area contributed by atoms with Gasteiger partial charge in [-0.15, -0.1) is 11.8 Å². The second kappa shape index (κ2) is 14.9. The molecule has 4 N–H and O–H groups in total. The van der Waals surface area contributed by atoms with Gasteiger partial charge in [-0.1, -0.05) is 72.5 Å². The van der Waals surface area contributed by atoms with Gasteiger partial charge in [0.25, 0.3) is 0 Å². The first-order valence-electron chi connectivity index (χ1n) is 18.5. The van der Waals surface area contributed by atoms with Crippen molar-refractivity contribution in [1.82, 2.24) is 19.9 Å². The Morgan fingerprint density at radius 3 is 1.18 bits per heavy atom. The van der Waals surface area contributed by atoms with E-state index < -0.39 is 0 Å². The van der Waals surface area contributed by atoms with Crippen LogP contribution in [0.15, 0.2) is 133 Å². The normalized spacial score (nSPS) is 11.3. The Morgan fingerprint density at radius 2 is 0.786 bits per heavy atom. The quantitative estimate of drug-likeness (QED) is 0.129. The van der Waals surface area contributed by atoms with Crippen LogP contribution in [0.5, 0.6) is 0 Å². The number of hydrogen-bond donors (Lipinski definition) is 4. The van der Waals surface area contributed by atoms with Gasteiger partial charge >= 0.3 is 0 Å². The van der Waals surface area contributed by atoms with Crippen LogP contribution in [-0.2, 0) is 0 Å². The summed E-state index contributed by atoms with van der Waals surface area (Å²) in [6, 6.07) is 45.6. The summed E-state index contributed by atoms with van der Waals surface area (Å²) in [5.74, 6) is 12.3. The molecule has 2 aliphatic heterocycles. The molecule has 0 radical (unpaired) electrons. The van der Waals surface area contributed by atoms with Gasteiger partial charge in [-0.3, -0.25) is 0 Å². The third-order valence-electron chi connectivity index (χ3n) is 9.73. The molecule has 8 bridgehead atoms. The van der Waals surface area contributed by atoms with E-state index in [4.69, 9.17) is 9.97 Å². The minimum atomic E-state index is 0.804. The van der Waals surface area contributed by atoms with E-state index in [1.807, 2.05) is 74.5 Å². The van der Waals surface area contributed by atoms with Crippen molar-refractivity contribution in [2.45, 2.75) is 13.8 Å². The zero-order valence-electron chi connectivity index (χ0n) is 30.9. The Bertz CT molecular complexity index is 2760. The maximum absolute atomic E-state index is 5.34. The van der Waals surface area contributed by atoms with Crippen LogP contribution in [0.4, 0.5) is 22.7 Å². The highest BCUT2D eigenvalue weighted by Crippen LogP contribution is 2.37. The largest absolute Gasteiger partial charge is 0.353 e.